The van der Waals surface area contributed by atoms with Gasteiger partial charge in [-0.2, -0.15) is 5.10 Å². The Morgan fingerprint density at radius 1 is 1.26 bits per heavy atom. The van der Waals surface area contributed by atoms with Crippen LogP contribution in [0, 0.1) is 0 Å². The first kappa shape index (κ1) is 17.7. The van der Waals surface area contributed by atoms with E-state index in [4.69, 9.17) is 4.74 Å². The lowest BCUT2D eigenvalue weighted by molar-refractivity contribution is 0.102. The molecule has 8 heteroatoms. The van der Waals surface area contributed by atoms with Crippen LogP contribution in [0.15, 0.2) is 59.3 Å². The predicted molar refractivity (Wildman–Crippen MR) is 110 cm³/mol. The molecule has 136 valence electrons. The van der Waals surface area contributed by atoms with Gasteiger partial charge in [-0.25, -0.2) is 4.98 Å². The number of nitrogens with zero attached hydrogens (tertiary/aromatic N) is 3. The Balaban J connectivity index is 1.46. The zero-order chi connectivity index (χ0) is 18.8. The molecule has 0 spiro atoms. The van der Waals surface area contributed by atoms with Crippen LogP contribution in [-0.4, -0.2) is 27.8 Å². The summed E-state index contributed by atoms with van der Waals surface area (Å²) in [6.07, 6.45) is 3.65. The van der Waals surface area contributed by atoms with Gasteiger partial charge in [0, 0.05) is 11.8 Å². The quantitative estimate of drug-likeness (QED) is 0.491. The molecular formula is C19H15BrN4O2S. The van der Waals surface area contributed by atoms with Crippen molar-refractivity contribution in [3.63, 3.8) is 0 Å². The number of hydrogen-bond acceptors (Lipinski definition) is 5. The van der Waals surface area contributed by atoms with Gasteiger partial charge < -0.3 is 4.74 Å². The normalized spacial score (nSPS) is 10.9. The SMILES string of the molecule is COc1ccc2nc(NC(=O)c3ccc(Cn4cc(Br)cn4)cc3)sc2c1. The molecule has 1 amide bonds. The lowest BCUT2D eigenvalue weighted by Gasteiger charge is -2.04. The molecule has 2 aromatic heterocycles. The fraction of sp³-hybridized carbons (Fsp3) is 0.105. The van der Waals surface area contributed by atoms with E-state index in [0.29, 0.717) is 17.2 Å². The van der Waals surface area contributed by atoms with Crippen LogP contribution in [0.1, 0.15) is 15.9 Å². The molecule has 0 unspecified atom stereocenters. The summed E-state index contributed by atoms with van der Waals surface area (Å²) in [6.45, 7) is 0.646. The van der Waals surface area contributed by atoms with Gasteiger partial charge in [-0.05, 0) is 51.8 Å². The topological polar surface area (TPSA) is 69.0 Å². The highest BCUT2D eigenvalue weighted by Crippen LogP contribution is 2.29. The molecule has 0 aliphatic carbocycles. The van der Waals surface area contributed by atoms with Crippen LogP contribution < -0.4 is 10.1 Å². The van der Waals surface area contributed by atoms with Gasteiger partial charge in [0.15, 0.2) is 5.13 Å². The second-order valence-corrected chi connectivity index (χ2v) is 7.81. The zero-order valence-corrected chi connectivity index (χ0v) is 16.8. The summed E-state index contributed by atoms with van der Waals surface area (Å²) < 4.78 is 8.95. The van der Waals surface area contributed by atoms with Crippen LogP contribution in [0.3, 0.4) is 0 Å². The number of anilines is 1. The Bertz CT molecular complexity index is 1100. The third-order valence-corrected chi connectivity index (χ3v) is 5.32. The molecule has 0 atom stereocenters. The average Bonchev–Trinajstić information content (AvgIpc) is 3.26. The molecule has 2 heterocycles. The van der Waals surface area contributed by atoms with Gasteiger partial charge in [-0.3, -0.25) is 14.8 Å². The Morgan fingerprint density at radius 2 is 2.07 bits per heavy atom. The number of ether oxygens (including phenoxy) is 1. The van der Waals surface area contributed by atoms with Crippen LogP contribution in [-0.2, 0) is 6.54 Å². The molecule has 1 N–H and O–H groups in total. The van der Waals surface area contributed by atoms with Gasteiger partial charge in [-0.1, -0.05) is 23.5 Å². The highest BCUT2D eigenvalue weighted by Gasteiger charge is 2.11. The summed E-state index contributed by atoms with van der Waals surface area (Å²) in [4.78, 5) is 16.9. The molecule has 0 saturated heterocycles. The number of methoxy groups -OCH3 is 1. The number of amides is 1. The van der Waals surface area contributed by atoms with Crippen LogP contribution in [0.4, 0.5) is 5.13 Å². The number of rotatable bonds is 5. The van der Waals surface area contributed by atoms with Crippen LogP contribution in [0.5, 0.6) is 5.75 Å². The Morgan fingerprint density at radius 3 is 2.78 bits per heavy atom. The number of thiazole rings is 1. The molecular weight excluding hydrogens is 428 g/mol. The third-order valence-electron chi connectivity index (χ3n) is 3.98. The number of hydrogen-bond donors (Lipinski definition) is 1. The summed E-state index contributed by atoms with van der Waals surface area (Å²) in [7, 11) is 1.62. The molecule has 0 aliphatic heterocycles. The number of carbonyl (C=O) groups excluding carboxylic acids is 1. The third kappa shape index (κ3) is 4.01. The van der Waals surface area contributed by atoms with Gasteiger partial charge in [0.2, 0.25) is 0 Å². The van der Waals surface area contributed by atoms with Crippen molar-refractivity contribution in [1.29, 1.82) is 0 Å². The molecule has 4 rings (SSSR count). The Hall–Kier alpha value is -2.71. The largest absolute Gasteiger partial charge is 0.497 e. The molecule has 0 aliphatic rings. The van der Waals surface area contributed by atoms with Gasteiger partial charge in [0.1, 0.15) is 5.75 Å². The van der Waals surface area contributed by atoms with Gasteiger partial charge in [-0.15, -0.1) is 0 Å². The molecule has 0 radical (unpaired) electrons. The van der Waals surface area contributed by atoms with Crippen molar-refractivity contribution < 1.29 is 9.53 Å². The summed E-state index contributed by atoms with van der Waals surface area (Å²) in [5.74, 6) is 0.582. The lowest BCUT2D eigenvalue weighted by Crippen LogP contribution is -2.11. The van der Waals surface area contributed by atoms with Crippen molar-refractivity contribution in [2.45, 2.75) is 6.54 Å². The summed E-state index contributed by atoms with van der Waals surface area (Å²) in [5.41, 5.74) is 2.48. The van der Waals surface area contributed by atoms with Crippen molar-refractivity contribution in [2.75, 3.05) is 12.4 Å². The fourth-order valence-corrected chi connectivity index (χ4v) is 3.85. The van der Waals surface area contributed by atoms with Crippen molar-refractivity contribution in [3.05, 3.63) is 70.5 Å². The molecule has 0 saturated carbocycles. The standard InChI is InChI=1S/C19H15BrN4O2S/c1-26-15-6-7-16-17(8-15)27-19(22-16)23-18(25)13-4-2-12(3-5-13)10-24-11-14(20)9-21-24/h2-9,11H,10H2,1H3,(H,22,23,25). The second kappa shape index (κ2) is 7.50. The molecule has 27 heavy (non-hydrogen) atoms. The van der Waals surface area contributed by atoms with Crippen molar-refractivity contribution in [3.8, 4) is 5.75 Å². The lowest BCUT2D eigenvalue weighted by atomic mass is 10.1. The molecule has 0 fully saturated rings. The van der Waals surface area contributed by atoms with Gasteiger partial charge in [0.25, 0.3) is 5.91 Å². The highest BCUT2D eigenvalue weighted by molar-refractivity contribution is 9.10. The van der Waals surface area contributed by atoms with Crippen molar-refractivity contribution in [2.24, 2.45) is 0 Å². The number of aromatic nitrogens is 3. The molecule has 0 bridgehead atoms. The van der Waals surface area contributed by atoms with Crippen LogP contribution in [0.25, 0.3) is 10.2 Å². The fourth-order valence-electron chi connectivity index (χ4n) is 2.63. The molecule has 6 nitrogen and oxygen atoms in total. The van der Waals surface area contributed by atoms with E-state index in [-0.39, 0.29) is 5.91 Å². The maximum atomic E-state index is 12.5. The molecule has 2 aromatic carbocycles. The maximum absolute atomic E-state index is 12.5. The minimum Gasteiger partial charge on any atom is -0.497 e. The number of carbonyl (C=O) groups is 1. The number of nitrogens with one attached hydrogen (secondary N) is 1. The summed E-state index contributed by atoms with van der Waals surface area (Å²) in [5, 5.41) is 7.66. The number of fused-ring (bicyclic) bond motifs is 1. The summed E-state index contributed by atoms with van der Waals surface area (Å²) in [6, 6.07) is 13.1. The smallest absolute Gasteiger partial charge is 0.257 e. The van der Waals surface area contributed by atoms with Gasteiger partial charge >= 0.3 is 0 Å². The minimum atomic E-state index is -0.186. The Kier molecular flexibility index (Phi) is 4.91. The van der Waals surface area contributed by atoms with E-state index in [2.05, 4.69) is 31.3 Å². The van der Waals surface area contributed by atoms with E-state index >= 15 is 0 Å². The van der Waals surface area contributed by atoms with Crippen LogP contribution in [0.2, 0.25) is 0 Å². The van der Waals surface area contributed by atoms with Crippen molar-refractivity contribution >= 4 is 48.5 Å². The van der Waals surface area contributed by atoms with E-state index < -0.39 is 0 Å². The highest BCUT2D eigenvalue weighted by atomic mass is 79.9. The Labute approximate surface area is 167 Å². The summed E-state index contributed by atoms with van der Waals surface area (Å²) >= 11 is 4.80. The first-order chi connectivity index (χ1) is 13.1. The van der Waals surface area contributed by atoms with Crippen LogP contribution >= 0.6 is 27.3 Å². The number of halogens is 1. The average molecular weight is 443 g/mol. The molecule has 4 aromatic rings. The maximum Gasteiger partial charge on any atom is 0.257 e. The van der Waals surface area contributed by atoms with Crippen molar-refractivity contribution in [1.82, 2.24) is 14.8 Å². The monoisotopic (exact) mass is 442 g/mol. The van der Waals surface area contributed by atoms with E-state index in [0.717, 1.165) is 26.0 Å². The first-order valence-corrected chi connectivity index (χ1v) is 9.74. The van der Waals surface area contributed by atoms with E-state index in [1.165, 1.54) is 11.3 Å². The predicted octanol–water partition coefficient (Wildman–Crippen LogP) is 4.56. The van der Waals surface area contributed by atoms with E-state index in [1.54, 1.807) is 25.4 Å². The first-order valence-electron chi connectivity index (χ1n) is 8.13. The second-order valence-electron chi connectivity index (χ2n) is 5.86. The number of benzene rings is 2. The van der Waals surface area contributed by atoms with E-state index in [1.807, 2.05) is 41.2 Å². The zero-order valence-electron chi connectivity index (χ0n) is 14.3. The minimum absolute atomic E-state index is 0.186. The van der Waals surface area contributed by atoms with Gasteiger partial charge in [0.05, 0.1) is 34.5 Å². The van der Waals surface area contributed by atoms with E-state index in [9.17, 15) is 4.79 Å².